The van der Waals surface area contributed by atoms with Crippen molar-refractivity contribution in [1.82, 2.24) is 0 Å². The molecule has 2 nitrogen and oxygen atoms in total. The first-order valence-corrected chi connectivity index (χ1v) is 4.59. The lowest BCUT2D eigenvalue weighted by Gasteiger charge is -2.10. The van der Waals surface area contributed by atoms with Crippen molar-refractivity contribution in [3.63, 3.8) is 0 Å². The Bertz CT molecular complexity index is 294. The molecule has 1 aromatic carbocycles. The van der Waals surface area contributed by atoms with Crippen LogP contribution in [0, 0.1) is 5.92 Å². The van der Waals surface area contributed by atoms with E-state index in [-0.39, 0.29) is 6.10 Å². The minimum Gasteiger partial charge on any atom is -0.392 e. The summed E-state index contributed by atoms with van der Waals surface area (Å²) in [5.41, 5.74) is 1.34. The second kappa shape index (κ2) is 3.60. The molecular weight excluding hydrogens is 162 g/mol. The zero-order chi connectivity index (χ0) is 9.10. The van der Waals surface area contributed by atoms with Crippen LogP contribution in [0.1, 0.15) is 12.5 Å². The first-order valence-electron chi connectivity index (χ1n) is 4.59. The van der Waals surface area contributed by atoms with Crippen molar-refractivity contribution >= 4 is 6.21 Å². The molecule has 1 aromatic rings. The van der Waals surface area contributed by atoms with Crippen molar-refractivity contribution in [3.05, 3.63) is 35.9 Å². The molecule has 1 aliphatic heterocycles. The fraction of sp³-hybridized carbons (Fsp3) is 0.364. The van der Waals surface area contributed by atoms with Gasteiger partial charge in [0.25, 0.3) is 0 Å². The van der Waals surface area contributed by atoms with Crippen LogP contribution in [0.3, 0.4) is 0 Å². The molecule has 0 amide bonds. The van der Waals surface area contributed by atoms with Gasteiger partial charge in [-0.3, -0.25) is 0 Å². The molecule has 68 valence electrons. The third-order valence-corrected chi connectivity index (χ3v) is 2.40. The van der Waals surface area contributed by atoms with E-state index in [2.05, 4.69) is 36.3 Å². The fourth-order valence-electron chi connectivity index (χ4n) is 1.51. The van der Waals surface area contributed by atoms with Gasteiger partial charge in [-0.15, -0.1) is 0 Å². The molecule has 0 fully saturated rings. The minimum absolute atomic E-state index is 0.222. The van der Waals surface area contributed by atoms with Crippen LogP contribution < -0.4 is 0 Å². The molecule has 0 saturated carbocycles. The zero-order valence-electron chi connectivity index (χ0n) is 7.68. The number of hydrogen-bond donors (Lipinski definition) is 0. The fourth-order valence-corrected chi connectivity index (χ4v) is 1.51. The molecule has 0 N–H and O–H groups in total. The topological polar surface area (TPSA) is 21.6 Å². The molecule has 0 bridgehead atoms. The average Bonchev–Trinajstić information content (AvgIpc) is 2.54. The summed E-state index contributed by atoms with van der Waals surface area (Å²) in [7, 11) is 0. The number of oxime groups is 1. The maximum Gasteiger partial charge on any atom is 0.132 e. The minimum atomic E-state index is 0.222. The SMILES string of the molecule is CC1ON=CC1Cc1ccccc1. The van der Waals surface area contributed by atoms with E-state index >= 15 is 0 Å². The molecule has 0 saturated heterocycles. The zero-order valence-corrected chi connectivity index (χ0v) is 7.68. The largest absolute Gasteiger partial charge is 0.392 e. The van der Waals surface area contributed by atoms with Crippen LogP contribution in [0.2, 0.25) is 0 Å². The Morgan fingerprint density at radius 2 is 2.08 bits per heavy atom. The van der Waals surface area contributed by atoms with Crippen LogP contribution in [-0.2, 0) is 11.3 Å². The van der Waals surface area contributed by atoms with Gasteiger partial charge in [0.15, 0.2) is 0 Å². The van der Waals surface area contributed by atoms with Gasteiger partial charge in [-0.25, -0.2) is 0 Å². The smallest absolute Gasteiger partial charge is 0.132 e. The van der Waals surface area contributed by atoms with E-state index < -0.39 is 0 Å². The predicted octanol–water partition coefficient (Wildman–Crippen LogP) is 2.25. The van der Waals surface area contributed by atoms with E-state index in [4.69, 9.17) is 4.84 Å². The third-order valence-electron chi connectivity index (χ3n) is 2.40. The Hall–Kier alpha value is -1.31. The highest BCUT2D eigenvalue weighted by Crippen LogP contribution is 2.17. The van der Waals surface area contributed by atoms with Crippen LogP contribution in [0.5, 0.6) is 0 Å². The van der Waals surface area contributed by atoms with E-state index in [0.717, 1.165) is 6.42 Å². The van der Waals surface area contributed by atoms with E-state index in [9.17, 15) is 0 Å². The molecular formula is C11H13NO. The summed E-state index contributed by atoms with van der Waals surface area (Å²) in [5.74, 6) is 0.433. The first kappa shape index (κ1) is 8.30. The van der Waals surface area contributed by atoms with Crippen molar-refractivity contribution in [3.8, 4) is 0 Å². The Kier molecular flexibility index (Phi) is 2.30. The summed E-state index contributed by atoms with van der Waals surface area (Å²) < 4.78 is 0. The van der Waals surface area contributed by atoms with Crippen molar-refractivity contribution in [2.24, 2.45) is 11.1 Å². The molecule has 2 atom stereocenters. The van der Waals surface area contributed by atoms with Gasteiger partial charge >= 0.3 is 0 Å². The quantitative estimate of drug-likeness (QED) is 0.675. The summed E-state index contributed by atoms with van der Waals surface area (Å²) in [6.07, 6.45) is 3.14. The lowest BCUT2D eigenvalue weighted by Crippen LogP contribution is -2.16. The number of benzene rings is 1. The number of hydrogen-bond acceptors (Lipinski definition) is 2. The van der Waals surface area contributed by atoms with E-state index in [1.807, 2.05) is 12.3 Å². The first-order chi connectivity index (χ1) is 6.36. The summed E-state index contributed by atoms with van der Waals surface area (Å²) >= 11 is 0. The Morgan fingerprint density at radius 1 is 1.31 bits per heavy atom. The normalized spacial score (nSPS) is 25.9. The number of nitrogens with zero attached hydrogens (tertiary/aromatic N) is 1. The lowest BCUT2D eigenvalue weighted by atomic mass is 9.97. The average molecular weight is 175 g/mol. The monoisotopic (exact) mass is 175 g/mol. The Morgan fingerprint density at radius 3 is 2.69 bits per heavy atom. The molecule has 13 heavy (non-hydrogen) atoms. The third kappa shape index (κ3) is 1.89. The van der Waals surface area contributed by atoms with Gasteiger partial charge < -0.3 is 4.84 Å². The summed E-state index contributed by atoms with van der Waals surface area (Å²) in [6, 6.07) is 10.4. The lowest BCUT2D eigenvalue weighted by molar-refractivity contribution is 0.0761. The Balaban J connectivity index is 2.02. The van der Waals surface area contributed by atoms with Gasteiger partial charge in [-0.2, -0.15) is 0 Å². The molecule has 2 heteroatoms. The van der Waals surface area contributed by atoms with E-state index in [1.165, 1.54) is 5.56 Å². The molecule has 0 aliphatic carbocycles. The second-order valence-electron chi connectivity index (χ2n) is 3.42. The van der Waals surface area contributed by atoms with Crippen LogP contribution in [0.4, 0.5) is 0 Å². The summed E-state index contributed by atoms with van der Waals surface area (Å²) in [5, 5.41) is 3.82. The van der Waals surface area contributed by atoms with Crippen molar-refractivity contribution in [2.45, 2.75) is 19.4 Å². The van der Waals surface area contributed by atoms with Gasteiger partial charge in [0.2, 0.25) is 0 Å². The Labute approximate surface area is 78.2 Å². The standard InChI is InChI=1S/C11H13NO/c1-9-11(8-12-13-9)7-10-5-3-2-4-6-10/h2-6,8-9,11H,7H2,1H3. The van der Waals surface area contributed by atoms with E-state index in [0.29, 0.717) is 5.92 Å². The van der Waals surface area contributed by atoms with Gasteiger partial charge in [0.05, 0.1) is 6.21 Å². The molecule has 1 aliphatic rings. The summed E-state index contributed by atoms with van der Waals surface area (Å²) in [6.45, 7) is 2.06. The van der Waals surface area contributed by atoms with Crippen molar-refractivity contribution in [1.29, 1.82) is 0 Å². The molecule has 0 aromatic heterocycles. The second-order valence-corrected chi connectivity index (χ2v) is 3.42. The maximum atomic E-state index is 5.11. The van der Waals surface area contributed by atoms with Gasteiger partial charge in [-0.05, 0) is 18.9 Å². The van der Waals surface area contributed by atoms with Gasteiger partial charge in [-0.1, -0.05) is 35.5 Å². The maximum absolute atomic E-state index is 5.11. The van der Waals surface area contributed by atoms with Crippen LogP contribution in [0.25, 0.3) is 0 Å². The highest BCUT2D eigenvalue weighted by Gasteiger charge is 2.21. The van der Waals surface area contributed by atoms with Crippen LogP contribution in [0.15, 0.2) is 35.5 Å². The van der Waals surface area contributed by atoms with Crippen LogP contribution in [-0.4, -0.2) is 12.3 Å². The van der Waals surface area contributed by atoms with E-state index in [1.54, 1.807) is 0 Å². The molecule has 0 spiro atoms. The van der Waals surface area contributed by atoms with Gasteiger partial charge in [0.1, 0.15) is 6.10 Å². The van der Waals surface area contributed by atoms with Crippen molar-refractivity contribution in [2.75, 3.05) is 0 Å². The van der Waals surface area contributed by atoms with Crippen molar-refractivity contribution < 1.29 is 4.84 Å². The van der Waals surface area contributed by atoms with Gasteiger partial charge in [0, 0.05) is 5.92 Å². The highest BCUT2D eigenvalue weighted by atomic mass is 16.6. The van der Waals surface area contributed by atoms with Crippen LogP contribution >= 0.6 is 0 Å². The summed E-state index contributed by atoms with van der Waals surface area (Å²) in [4.78, 5) is 5.11. The molecule has 2 rings (SSSR count). The highest BCUT2D eigenvalue weighted by molar-refractivity contribution is 5.62. The predicted molar refractivity (Wildman–Crippen MR) is 52.7 cm³/mol. The number of rotatable bonds is 2. The molecule has 0 radical (unpaired) electrons. The molecule has 2 unspecified atom stereocenters. The molecule has 1 heterocycles.